The van der Waals surface area contributed by atoms with Crippen LogP contribution in [0, 0.1) is 6.92 Å². The average Bonchev–Trinajstić information content (AvgIpc) is 3.08. The van der Waals surface area contributed by atoms with E-state index < -0.39 is 0 Å². The van der Waals surface area contributed by atoms with Crippen LogP contribution in [0.2, 0.25) is 10.0 Å². The van der Waals surface area contributed by atoms with Crippen LogP contribution < -0.4 is 10.6 Å². The summed E-state index contributed by atoms with van der Waals surface area (Å²) in [6, 6.07) is 13.2. The van der Waals surface area contributed by atoms with Crippen molar-refractivity contribution in [1.82, 2.24) is 20.6 Å². The van der Waals surface area contributed by atoms with Crippen LogP contribution in [0.4, 0.5) is 0 Å². The van der Waals surface area contributed by atoms with Crippen molar-refractivity contribution in [3.8, 4) is 11.3 Å². The van der Waals surface area contributed by atoms with Crippen molar-refractivity contribution < 1.29 is 4.79 Å². The third-order valence-electron chi connectivity index (χ3n) is 4.91. The molecule has 2 aromatic heterocycles. The molecule has 7 heteroatoms. The van der Waals surface area contributed by atoms with E-state index in [4.69, 9.17) is 23.2 Å². The number of carbonyl (C=O) groups is 1. The summed E-state index contributed by atoms with van der Waals surface area (Å²) in [5, 5.41) is 8.90. The molecule has 0 bridgehead atoms. The molecule has 0 unspecified atom stereocenters. The fourth-order valence-electron chi connectivity index (χ4n) is 3.45. The molecule has 29 heavy (non-hydrogen) atoms. The van der Waals surface area contributed by atoms with E-state index in [0.29, 0.717) is 34.5 Å². The Morgan fingerprint density at radius 3 is 2.66 bits per heavy atom. The van der Waals surface area contributed by atoms with Gasteiger partial charge in [0.2, 0.25) is 0 Å². The number of H-pyrrole nitrogens is 1. The van der Waals surface area contributed by atoms with E-state index in [1.54, 1.807) is 12.1 Å². The Labute approximate surface area is 178 Å². The van der Waals surface area contributed by atoms with Crippen molar-refractivity contribution in [1.29, 1.82) is 0 Å². The molecule has 0 radical (unpaired) electrons. The molecule has 4 rings (SSSR count). The maximum atomic E-state index is 12.7. The largest absolute Gasteiger partial charge is 0.353 e. The molecule has 0 fully saturated rings. The molecule has 0 aliphatic rings. The first-order valence-electron chi connectivity index (χ1n) is 9.30. The van der Waals surface area contributed by atoms with E-state index in [0.717, 1.165) is 32.9 Å². The molecule has 3 N–H and O–H groups in total. The van der Waals surface area contributed by atoms with Gasteiger partial charge < -0.3 is 15.6 Å². The van der Waals surface area contributed by atoms with Gasteiger partial charge in [0.05, 0.1) is 16.2 Å². The van der Waals surface area contributed by atoms with Gasteiger partial charge in [0.15, 0.2) is 0 Å². The van der Waals surface area contributed by atoms with Crippen LogP contribution in [-0.2, 0) is 0 Å². The number of benzene rings is 2. The van der Waals surface area contributed by atoms with E-state index in [2.05, 4.69) is 20.6 Å². The van der Waals surface area contributed by atoms with Gasteiger partial charge >= 0.3 is 0 Å². The minimum atomic E-state index is -0.226. The minimum absolute atomic E-state index is 0.226. The summed E-state index contributed by atoms with van der Waals surface area (Å²) in [6.07, 6.45) is 0. The number of nitrogens with zero attached hydrogens (tertiary/aromatic N) is 1. The number of hydrogen-bond acceptors (Lipinski definition) is 3. The lowest BCUT2D eigenvalue weighted by Crippen LogP contribution is -2.31. The zero-order valence-corrected chi connectivity index (χ0v) is 17.6. The summed E-state index contributed by atoms with van der Waals surface area (Å²) in [6.45, 7) is 3.24. The van der Waals surface area contributed by atoms with Gasteiger partial charge in [-0.25, -0.2) is 4.98 Å². The molecule has 2 aromatic carbocycles. The van der Waals surface area contributed by atoms with Crippen molar-refractivity contribution in [2.24, 2.45) is 0 Å². The zero-order valence-electron chi connectivity index (χ0n) is 16.1. The molecule has 0 aliphatic heterocycles. The number of aryl methyl sites for hydroxylation is 1. The molecule has 0 saturated heterocycles. The number of pyridine rings is 1. The number of rotatable bonds is 5. The zero-order chi connectivity index (χ0) is 20.5. The lowest BCUT2D eigenvalue weighted by Gasteiger charge is -2.10. The molecule has 0 atom stereocenters. The van der Waals surface area contributed by atoms with E-state index in [1.165, 1.54) is 0 Å². The number of para-hydroxylation sites is 1. The van der Waals surface area contributed by atoms with Crippen molar-refractivity contribution in [3.05, 3.63) is 63.8 Å². The van der Waals surface area contributed by atoms with Gasteiger partial charge in [-0.05, 0) is 43.8 Å². The summed E-state index contributed by atoms with van der Waals surface area (Å²) in [5.74, 6) is -0.226. The molecule has 0 saturated carbocycles. The molecule has 5 nitrogen and oxygen atoms in total. The fourth-order valence-corrected chi connectivity index (χ4v) is 3.95. The van der Waals surface area contributed by atoms with Crippen LogP contribution in [0.25, 0.3) is 33.1 Å². The van der Waals surface area contributed by atoms with Gasteiger partial charge in [0.1, 0.15) is 5.69 Å². The highest BCUT2D eigenvalue weighted by atomic mass is 35.5. The van der Waals surface area contributed by atoms with Crippen LogP contribution in [-0.4, -0.2) is 36.0 Å². The van der Waals surface area contributed by atoms with Crippen LogP contribution in [0.5, 0.6) is 0 Å². The van der Waals surface area contributed by atoms with Gasteiger partial charge in [-0.3, -0.25) is 4.79 Å². The normalized spacial score (nSPS) is 11.3. The topological polar surface area (TPSA) is 69.8 Å². The number of aromatic amines is 1. The maximum absolute atomic E-state index is 12.7. The lowest BCUT2D eigenvalue weighted by atomic mass is 10.1. The number of fused-ring (bicyclic) bond motifs is 3. The summed E-state index contributed by atoms with van der Waals surface area (Å²) in [5.41, 5.74) is 4.66. The molecule has 2 heterocycles. The highest BCUT2D eigenvalue weighted by molar-refractivity contribution is 6.36. The monoisotopic (exact) mass is 426 g/mol. The number of aromatic nitrogens is 2. The van der Waals surface area contributed by atoms with Gasteiger partial charge in [0, 0.05) is 40.0 Å². The Hall–Kier alpha value is -2.60. The number of halogens is 2. The number of hydrogen-bond donors (Lipinski definition) is 3. The van der Waals surface area contributed by atoms with Gasteiger partial charge in [0.25, 0.3) is 5.91 Å². The second-order valence-electron chi connectivity index (χ2n) is 6.88. The second kappa shape index (κ2) is 8.03. The van der Waals surface area contributed by atoms with Gasteiger partial charge in [-0.2, -0.15) is 0 Å². The van der Waals surface area contributed by atoms with Crippen LogP contribution in [0.3, 0.4) is 0 Å². The number of amides is 1. The first-order chi connectivity index (χ1) is 14.0. The smallest absolute Gasteiger partial charge is 0.269 e. The Balaban J connectivity index is 1.97. The van der Waals surface area contributed by atoms with Crippen molar-refractivity contribution in [3.63, 3.8) is 0 Å². The highest BCUT2D eigenvalue weighted by Gasteiger charge is 2.19. The van der Waals surface area contributed by atoms with Crippen molar-refractivity contribution >= 4 is 50.9 Å². The summed E-state index contributed by atoms with van der Waals surface area (Å²) >= 11 is 12.6. The molecule has 4 aromatic rings. The summed E-state index contributed by atoms with van der Waals surface area (Å²) < 4.78 is 0. The van der Waals surface area contributed by atoms with Crippen LogP contribution in [0.1, 0.15) is 16.1 Å². The van der Waals surface area contributed by atoms with E-state index in [9.17, 15) is 4.79 Å². The van der Waals surface area contributed by atoms with Crippen LogP contribution >= 0.6 is 23.2 Å². The number of carbonyl (C=O) groups excluding carboxylic acids is 1. The van der Waals surface area contributed by atoms with Crippen molar-refractivity contribution in [2.45, 2.75) is 6.92 Å². The minimum Gasteiger partial charge on any atom is -0.353 e. The molecular weight excluding hydrogens is 407 g/mol. The predicted octanol–water partition coefficient (Wildman–Crippen LogP) is 4.95. The van der Waals surface area contributed by atoms with E-state index >= 15 is 0 Å². The Bertz CT molecular complexity index is 1230. The third kappa shape index (κ3) is 3.69. The standard InChI is InChI=1S/C22H20Cl2N4O/c1-12-4-3-5-14-16-11-18(22(29)26-9-8-25-2)27-20(21(16)28-19(12)14)15-7-6-13(23)10-17(15)24/h3-7,10-11,25,28H,8-9H2,1-2H3,(H,26,29). The lowest BCUT2D eigenvalue weighted by molar-refractivity contribution is 0.0949. The van der Waals surface area contributed by atoms with Gasteiger partial charge in [-0.15, -0.1) is 0 Å². The Kier molecular flexibility index (Phi) is 5.46. The number of likely N-dealkylation sites (N-methyl/N-ethyl adjacent to an activating group) is 1. The second-order valence-corrected chi connectivity index (χ2v) is 7.73. The molecular formula is C22H20Cl2N4O. The molecule has 0 spiro atoms. The quantitative estimate of drug-likeness (QED) is 0.395. The molecule has 148 valence electrons. The first-order valence-corrected chi connectivity index (χ1v) is 10.1. The maximum Gasteiger partial charge on any atom is 0.269 e. The average molecular weight is 427 g/mol. The summed E-state index contributed by atoms with van der Waals surface area (Å²) in [4.78, 5) is 20.9. The third-order valence-corrected chi connectivity index (χ3v) is 5.46. The van der Waals surface area contributed by atoms with Crippen LogP contribution in [0.15, 0.2) is 42.5 Å². The van der Waals surface area contributed by atoms with Crippen molar-refractivity contribution in [2.75, 3.05) is 20.1 Å². The summed E-state index contributed by atoms with van der Waals surface area (Å²) in [7, 11) is 1.84. The molecule has 1 amide bonds. The number of nitrogens with one attached hydrogen (secondary N) is 3. The fraction of sp³-hybridized carbons (Fsp3) is 0.182. The first kappa shape index (κ1) is 19.7. The van der Waals surface area contributed by atoms with E-state index in [-0.39, 0.29) is 5.91 Å². The Morgan fingerprint density at radius 2 is 1.90 bits per heavy atom. The highest BCUT2D eigenvalue weighted by Crippen LogP contribution is 2.37. The van der Waals surface area contributed by atoms with E-state index in [1.807, 2.05) is 44.3 Å². The predicted molar refractivity (Wildman–Crippen MR) is 120 cm³/mol. The molecule has 0 aliphatic carbocycles. The Morgan fingerprint density at radius 1 is 1.07 bits per heavy atom. The van der Waals surface area contributed by atoms with Gasteiger partial charge in [-0.1, -0.05) is 41.4 Å². The SMILES string of the molecule is CNCCNC(=O)c1cc2c([nH]c3c(C)cccc32)c(-c2ccc(Cl)cc2Cl)n1.